The SMILES string of the molecule is CC[C@@H](C)NC(=O)[C@@H](Cc1ccccc1)N(Cc1ccc(C)cc1)C(=O)COc1ccc(C(C)(C)C)cc1. The fourth-order valence-electron chi connectivity index (χ4n) is 4.16. The van der Waals surface area contributed by atoms with Gasteiger partial charge in [0.05, 0.1) is 0 Å². The molecular weight excluding hydrogens is 472 g/mol. The largest absolute Gasteiger partial charge is 0.484 e. The number of ether oxygens (including phenoxy) is 1. The number of amides is 2. The van der Waals surface area contributed by atoms with Crippen molar-refractivity contribution in [3.63, 3.8) is 0 Å². The van der Waals surface area contributed by atoms with Crippen molar-refractivity contribution >= 4 is 11.8 Å². The summed E-state index contributed by atoms with van der Waals surface area (Å²) >= 11 is 0. The molecule has 5 nitrogen and oxygen atoms in total. The predicted molar refractivity (Wildman–Crippen MR) is 154 cm³/mol. The van der Waals surface area contributed by atoms with Gasteiger partial charge in [0.25, 0.3) is 5.91 Å². The van der Waals surface area contributed by atoms with Crippen LogP contribution in [0.5, 0.6) is 5.75 Å². The Balaban J connectivity index is 1.88. The van der Waals surface area contributed by atoms with Gasteiger partial charge in [0.15, 0.2) is 6.61 Å². The van der Waals surface area contributed by atoms with Crippen LogP contribution in [-0.4, -0.2) is 35.4 Å². The van der Waals surface area contributed by atoms with E-state index in [1.165, 1.54) is 5.56 Å². The topological polar surface area (TPSA) is 58.6 Å². The van der Waals surface area contributed by atoms with Crippen LogP contribution in [0.4, 0.5) is 0 Å². The number of carbonyl (C=O) groups excluding carboxylic acids is 2. The molecule has 0 spiro atoms. The van der Waals surface area contributed by atoms with Gasteiger partial charge in [0.1, 0.15) is 11.8 Å². The van der Waals surface area contributed by atoms with E-state index in [0.29, 0.717) is 18.7 Å². The van der Waals surface area contributed by atoms with E-state index in [-0.39, 0.29) is 29.9 Å². The van der Waals surface area contributed by atoms with Crippen LogP contribution in [-0.2, 0) is 28.0 Å². The van der Waals surface area contributed by atoms with Crippen LogP contribution in [0.15, 0.2) is 78.9 Å². The molecule has 0 bridgehead atoms. The number of hydrogen-bond acceptors (Lipinski definition) is 3. The first kappa shape index (κ1) is 29.0. The Morgan fingerprint density at radius 1 is 0.895 bits per heavy atom. The van der Waals surface area contributed by atoms with Crippen molar-refractivity contribution in [2.24, 2.45) is 0 Å². The van der Waals surface area contributed by atoms with E-state index in [2.05, 4.69) is 26.1 Å². The van der Waals surface area contributed by atoms with Gasteiger partial charge in [-0.05, 0) is 54.5 Å². The van der Waals surface area contributed by atoms with Gasteiger partial charge >= 0.3 is 0 Å². The highest BCUT2D eigenvalue weighted by atomic mass is 16.5. The molecule has 38 heavy (non-hydrogen) atoms. The maximum absolute atomic E-state index is 13.7. The molecule has 2 amide bonds. The summed E-state index contributed by atoms with van der Waals surface area (Å²) in [6.45, 7) is 12.7. The van der Waals surface area contributed by atoms with E-state index in [9.17, 15) is 9.59 Å². The normalized spacial score (nSPS) is 12.9. The van der Waals surface area contributed by atoms with Gasteiger partial charge in [-0.15, -0.1) is 0 Å². The van der Waals surface area contributed by atoms with Crippen LogP contribution in [0.25, 0.3) is 0 Å². The van der Waals surface area contributed by atoms with Gasteiger partial charge < -0.3 is 15.0 Å². The zero-order valence-corrected chi connectivity index (χ0v) is 23.7. The molecular formula is C33H42N2O3. The second-order valence-electron chi connectivity index (χ2n) is 11.1. The maximum Gasteiger partial charge on any atom is 0.261 e. The molecule has 0 fully saturated rings. The molecule has 5 heteroatoms. The van der Waals surface area contributed by atoms with E-state index in [4.69, 9.17) is 4.74 Å². The lowest BCUT2D eigenvalue weighted by molar-refractivity contribution is -0.143. The Hall–Kier alpha value is -3.60. The molecule has 0 saturated heterocycles. The predicted octanol–water partition coefficient (Wildman–Crippen LogP) is 6.23. The number of nitrogens with zero attached hydrogens (tertiary/aromatic N) is 1. The highest BCUT2D eigenvalue weighted by molar-refractivity contribution is 5.88. The first-order valence-electron chi connectivity index (χ1n) is 13.5. The number of aryl methyl sites for hydroxylation is 1. The van der Waals surface area contributed by atoms with Gasteiger partial charge in [-0.3, -0.25) is 9.59 Å². The molecule has 1 N–H and O–H groups in total. The molecule has 3 aromatic rings. The highest BCUT2D eigenvalue weighted by Gasteiger charge is 2.31. The Kier molecular flexibility index (Phi) is 10.1. The van der Waals surface area contributed by atoms with Crippen molar-refractivity contribution in [2.45, 2.75) is 78.4 Å². The summed E-state index contributed by atoms with van der Waals surface area (Å²) in [5.74, 6) is 0.245. The Morgan fingerprint density at radius 3 is 2.11 bits per heavy atom. The molecule has 0 aliphatic heterocycles. The second kappa shape index (κ2) is 13.3. The van der Waals surface area contributed by atoms with Crippen molar-refractivity contribution in [3.8, 4) is 5.75 Å². The van der Waals surface area contributed by atoms with Gasteiger partial charge in [-0.2, -0.15) is 0 Å². The molecule has 0 saturated carbocycles. The van der Waals surface area contributed by atoms with Crippen molar-refractivity contribution in [1.82, 2.24) is 10.2 Å². The lowest BCUT2D eigenvalue weighted by atomic mass is 9.87. The third-order valence-corrected chi connectivity index (χ3v) is 6.83. The molecule has 2 atom stereocenters. The minimum atomic E-state index is -0.674. The van der Waals surface area contributed by atoms with Gasteiger partial charge in [-0.25, -0.2) is 0 Å². The quantitative estimate of drug-likeness (QED) is 0.330. The van der Waals surface area contributed by atoms with E-state index < -0.39 is 6.04 Å². The number of benzene rings is 3. The lowest BCUT2D eigenvalue weighted by Crippen LogP contribution is -2.53. The monoisotopic (exact) mass is 514 g/mol. The Morgan fingerprint density at radius 2 is 1.53 bits per heavy atom. The zero-order valence-electron chi connectivity index (χ0n) is 23.7. The summed E-state index contributed by atoms with van der Waals surface area (Å²) in [4.78, 5) is 29.0. The third-order valence-electron chi connectivity index (χ3n) is 6.83. The standard InChI is InChI=1S/C33H42N2O3/c1-7-25(3)34-32(37)30(21-26-11-9-8-10-12-26)35(22-27-15-13-24(2)14-16-27)31(36)23-38-29-19-17-28(18-20-29)33(4,5)6/h8-20,25,30H,7,21-23H2,1-6H3,(H,34,37)/t25-,30-/m1/s1. The molecule has 0 aliphatic rings. The smallest absolute Gasteiger partial charge is 0.261 e. The van der Waals surface area contributed by atoms with Crippen LogP contribution in [0.3, 0.4) is 0 Å². The summed E-state index contributed by atoms with van der Waals surface area (Å²) in [7, 11) is 0. The summed E-state index contributed by atoms with van der Waals surface area (Å²) in [5, 5.41) is 3.10. The summed E-state index contributed by atoms with van der Waals surface area (Å²) in [6.07, 6.45) is 1.23. The van der Waals surface area contributed by atoms with Gasteiger partial charge in [0.2, 0.25) is 5.91 Å². The van der Waals surface area contributed by atoms with Crippen LogP contribution >= 0.6 is 0 Å². The second-order valence-corrected chi connectivity index (χ2v) is 11.1. The third kappa shape index (κ3) is 8.47. The molecule has 0 radical (unpaired) electrons. The molecule has 0 aromatic heterocycles. The van der Waals surface area contributed by atoms with Crippen molar-refractivity contribution in [1.29, 1.82) is 0 Å². The number of hydrogen-bond donors (Lipinski definition) is 1. The van der Waals surface area contributed by atoms with Gasteiger partial charge in [-0.1, -0.05) is 100.0 Å². The van der Waals surface area contributed by atoms with Crippen LogP contribution < -0.4 is 10.1 Å². The molecule has 3 rings (SSSR count). The zero-order chi connectivity index (χ0) is 27.7. The lowest BCUT2D eigenvalue weighted by Gasteiger charge is -2.32. The molecule has 0 aliphatic carbocycles. The minimum Gasteiger partial charge on any atom is -0.484 e. The molecule has 3 aromatic carbocycles. The highest BCUT2D eigenvalue weighted by Crippen LogP contribution is 2.24. The average Bonchev–Trinajstić information content (AvgIpc) is 2.90. The average molecular weight is 515 g/mol. The van der Waals surface area contributed by atoms with Crippen molar-refractivity contribution in [2.75, 3.05) is 6.61 Å². The molecule has 0 heterocycles. The molecule has 0 unspecified atom stereocenters. The van der Waals surface area contributed by atoms with Crippen molar-refractivity contribution < 1.29 is 14.3 Å². The fraction of sp³-hybridized carbons (Fsp3) is 0.394. The van der Waals surface area contributed by atoms with E-state index in [0.717, 1.165) is 23.1 Å². The maximum atomic E-state index is 13.7. The number of nitrogens with one attached hydrogen (secondary N) is 1. The summed E-state index contributed by atoms with van der Waals surface area (Å²) in [6, 6.07) is 25.1. The Bertz CT molecular complexity index is 1170. The number of rotatable bonds is 11. The van der Waals surface area contributed by atoms with Crippen LogP contribution in [0, 0.1) is 6.92 Å². The van der Waals surface area contributed by atoms with E-state index in [1.807, 2.05) is 99.6 Å². The first-order valence-corrected chi connectivity index (χ1v) is 13.5. The fourth-order valence-corrected chi connectivity index (χ4v) is 4.16. The number of carbonyl (C=O) groups is 2. The van der Waals surface area contributed by atoms with E-state index >= 15 is 0 Å². The van der Waals surface area contributed by atoms with Crippen molar-refractivity contribution in [3.05, 3.63) is 101 Å². The first-order chi connectivity index (χ1) is 18.1. The minimum absolute atomic E-state index is 0.00896. The van der Waals surface area contributed by atoms with E-state index in [1.54, 1.807) is 4.90 Å². The molecule has 202 valence electrons. The summed E-state index contributed by atoms with van der Waals surface area (Å²) < 4.78 is 5.93. The summed E-state index contributed by atoms with van der Waals surface area (Å²) in [5.41, 5.74) is 4.34. The Labute approximate surface area is 228 Å². The van der Waals surface area contributed by atoms with Crippen LogP contribution in [0.1, 0.15) is 63.3 Å². The van der Waals surface area contributed by atoms with Crippen LogP contribution in [0.2, 0.25) is 0 Å². The van der Waals surface area contributed by atoms with Gasteiger partial charge in [0, 0.05) is 19.0 Å².